The smallest absolute Gasteiger partial charge is 0.308 e. The fourth-order valence-corrected chi connectivity index (χ4v) is 3.66. The first-order valence-electron chi connectivity index (χ1n) is 9.18. The highest BCUT2D eigenvalue weighted by atomic mass is 16.6. The topological polar surface area (TPSA) is 78.9 Å². The van der Waals surface area contributed by atoms with E-state index >= 15 is 0 Å². The Morgan fingerprint density at radius 1 is 1.07 bits per heavy atom. The van der Waals surface area contributed by atoms with Gasteiger partial charge in [0, 0.05) is 25.3 Å². The fourth-order valence-electron chi connectivity index (χ4n) is 3.66. The van der Waals surface area contributed by atoms with Gasteiger partial charge in [0.25, 0.3) is 0 Å². The highest BCUT2D eigenvalue weighted by Gasteiger charge is 2.45. The first-order valence-corrected chi connectivity index (χ1v) is 9.18. The van der Waals surface area contributed by atoms with Gasteiger partial charge in [0.15, 0.2) is 23.4 Å². The number of fused-ring (bicyclic) bond motifs is 1. The highest BCUT2D eigenvalue weighted by Crippen LogP contribution is 2.42. The number of esters is 2. The van der Waals surface area contributed by atoms with E-state index in [0.717, 1.165) is 11.1 Å². The Morgan fingerprint density at radius 3 is 2.48 bits per heavy atom. The first-order chi connectivity index (χ1) is 13.9. The minimum absolute atomic E-state index is 0.315. The van der Waals surface area contributed by atoms with E-state index in [-0.39, 0.29) is 0 Å². The van der Waals surface area contributed by atoms with Gasteiger partial charge >= 0.3 is 11.9 Å². The number of methoxy groups -OCH3 is 1. The van der Waals surface area contributed by atoms with Crippen LogP contribution in [0.15, 0.2) is 48.5 Å². The summed E-state index contributed by atoms with van der Waals surface area (Å²) in [6.45, 7) is 2.61. The monoisotopic (exact) mass is 394 g/mol. The predicted molar refractivity (Wildman–Crippen MR) is 106 cm³/mol. The molecule has 0 spiro atoms. The molecular formula is C23H22O6. The molecule has 0 heterocycles. The summed E-state index contributed by atoms with van der Waals surface area (Å²) in [5, 5.41) is 0. The molecule has 2 unspecified atom stereocenters. The van der Waals surface area contributed by atoms with E-state index in [9.17, 15) is 14.4 Å². The van der Waals surface area contributed by atoms with E-state index in [1.54, 1.807) is 24.3 Å². The summed E-state index contributed by atoms with van der Waals surface area (Å²) in [5.74, 6) is -0.673. The molecule has 0 aromatic heterocycles. The molecule has 1 aliphatic carbocycles. The van der Waals surface area contributed by atoms with Crippen LogP contribution < -0.4 is 9.47 Å². The second-order valence-electron chi connectivity index (χ2n) is 6.84. The molecule has 0 radical (unpaired) electrons. The summed E-state index contributed by atoms with van der Waals surface area (Å²) >= 11 is 0. The summed E-state index contributed by atoms with van der Waals surface area (Å²) in [6.07, 6.45) is 4.92. The van der Waals surface area contributed by atoms with Crippen molar-refractivity contribution in [3.8, 4) is 11.5 Å². The van der Waals surface area contributed by atoms with Gasteiger partial charge in [0.05, 0.1) is 7.11 Å². The largest absolute Gasteiger partial charge is 0.493 e. The summed E-state index contributed by atoms with van der Waals surface area (Å²) in [5.41, 5.74) is 0.908. The van der Waals surface area contributed by atoms with Crippen molar-refractivity contribution in [2.45, 2.75) is 25.9 Å². The van der Waals surface area contributed by atoms with Crippen molar-refractivity contribution >= 4 is 24.3 Å². The van der Waals surface area contributed by atoms with Gasteiger partial charge in [-0.05, 0) is 29.7 Å². The van der Waals surface area contributed by atoms with Crippen molar-refractivity contribution in [2.24, 2.45) is 5.92 Å². The minimum Gasteiger partial charge on any atom is -0.493 e. The third kappa shape index (κ3) is 4.06. The normalized spacial score (nSPS) is 19.8. The van der Waals surface area contributed by atoms with Crippen LogP contribution in [-0.4, -0.2) is 25.3 Å². The maximum Gasteiger partial charge on any atom is 0.308 e. The number of hydrogen-bond donors (Lipinski definition) is 0. The molecule has 2 atom stereocenters. The van der Waals surface area contributed by atoms with E-state index in [1.807, 2.05) is 30.4 Å². The molecule has 3 rings (SSSR count). The zero-order valence-electron chi connectivity index (χ0n) is 16.5. The third-order valence-corrected chi connectivity index (χ3v) is 4.87. The Kier molecular flexibility index (Phi) is 5.82. The minimum atomic E-state index is -1.42. The maximum atomic E-state index is 12.3. The molecule has 2 aromatic rings. The Hall–Kier alpha value is -3.41. The van der Waals surface area contributed by atoms with Gasteiger partial charge in [0.2, 0.25) is 0 Å². The number of benzene rings is 2. The van der Waals surface area contributed by atoms with Gasteiger partial charge < -0.3 is 14.2 Å². The second-order valence-corrected chi connectivity index (χ2v) is 6.84. The number of aldehydes is 1. The van der Waals surface area contributed by atoms with E-state index in [1.165, 1.54) is 21.0 Å². The molecule has 1 aliphatic rings. The Balaban J connectivity index is 2.00. The van der Waals surface area contributed by atoms with E-state index in [4.69, 9.17) is 14.2 Å². The van der Waals surface area contributed by atoms with Crippen LogP contribution in [0.5, 0.6) is 11.5 Å². The lowest BCUT2D eigenvalue weighted by molar-refractivity contribution is -0.166. The predicted octanol–water partition coefficient (Wildman–Crippen LogP) is 3.46. The molecule has 0 amide bonds. The van der Waals surface area contributed by atoms with Gasteiger partial charge in [-0.15, -0.1) is 0 Å². The molecule has 150 valence electrons. The lowest BCUT2D eigenvalue weighted by Gasteiger charge is -2.38. The van der Waals surface area contributed by atoms with Gasteiger partial charge in [-0.2, -0.15) is 0 Å². The van der Waals surface area contributed by atoms with Crippen molar-refractivity contribution in [3.05, 3.63) is 65.2 Å². The molecule has 0 N–H and O–H groups in total. The van der Waals surface area contributed by atoms with E-state index < -0.39 is 23.5 Å². The fraction of sp³-hybridized carbons (Fsp3) is 0.261. The van der Waals surface area contributed by atoms with Crippen molar-refractivity contribution in [1.82, 2.24) is 0 Å². The zero-order valence-corrected chi connectivity index (χ0v) is 16.5. The molecule has 2 aromatic carbocycles. The summed E-state index contributed by atoms with van der Waals surface area (Å²) in [7, 11) is 1.48. The average molecular weight is 394 g/mol. The summed E-state index contributed by atoms with van der Waals surface area (Å²) < 4.78 is 16.1. The standard InChI is InChI=1S/C23H22O6/c1-15(25)28-21-11-8-17(13-22(21)27-3)12-19-10-9-18-6-4-5-7-20(18)23(19,14-24)29-16(2)26/h4-11,13-14,19H,12H2,1-3H3. The Labute approximate surface area is 169 Å². The molecule has 0 saturated carbocycles. The highest BCUT2D eigenvalue weighted by molar-refractivity contribution is 5.79. The molecule has 0 bridgehead atoms. The molecule has 6 heteroatoms. The third-order valence-electron chi connectivity index (χ3n) is 4.87. The van der Waals surface area contributed by atoms with Crippen LogP contribution in [0, 0.1) is 5.92 Å². The zero-order chi connectivity index (χ0) is 21.0. The molecule has 29 heavy (non-hydrogen) atoms. The van der Waals surface area contributed by atoms with Crippen molar-refractivity contribution in [3.63, 3.8) is 0 Å². The SMILES string of the molecule is COc1cc(CC2C=Cc3ccccc3C2(C=O)OC(C)=O)ccc1OC(C)=O. The molecule has 6 nitrogen and oxygen atoms in total. The number of hydrogen-bond acceptors (Lipinski definition) is 6. The lowest BCUT2D eigenvalue weighted by atomic mass is 9.73. The molecule has 0 saturated heterocycles. The van der Waals surface area contributed by atoms with Crippen LogP contribution in [0.3, 0.4) is 0 Å². The molecule has 0 aliphatic heterocycles. The summed E-state index contributed by atoms with van der Waals surface area (Å²) in [6, 6.07) is 12.5. The van der Waals surface area contributed by atoms with Crippen molar-refractivity contribution in [1.29, 1.82) is 0 Å². The Bertz CT molecular complexity index is 977. The second kappa shape index (κ2) is 8.31. The van der Waals surface area contributed by atoms with Crippen LogP contribution in [0.4, 0.5) is 0 Å². The lowest BCUT2D eigenvalue weighted by Crippen LogP contribution is -2.43. The van der Waals surface area contributed by atoms with E-state index in [0.29, 0.717) is 29.8 Å². The van der Waals surface area contributed by atoms with Gasteiger partial charge in [-0.1, -0.05) is 42.5 Å². The van der Waals surface area contributed by atoms with Crippen LogP contribution in [0.25, 0.3) is 6.08 Å². The number of rotatable bonds is 6. The van der Waals surface area contributed by atoms with Gasteiger partial charge in [0.1, 0.15) is 0 Å². The quantitative estimate of drug-likeness (QED) is 0.424. The van der Waals surface area contributed by atoms with Crippen molar-refractivity contribution in [2.75, 3.05) is 7.11 Å². The number of ether oxygens (including phenoxy) is 3. The number of carbonyl (C=O) groups is 3. The van der Waals surface area contributed by atoms with Crippen LogP contribution in [0.1, 0.15) is 30.5 Å². The first kappa shape index (κ1) is 20.3. The van der Waals surface area contributed by atoms with E-state index in [2.05, 4.69) is 0 Å². The summed E-state index contributed by atoms with van der Waals surface area (Å²) in [4.78, 5) is 35.4. The van der Waals surface area contributed by atoms with Crippen LogP contribution >= 0.6 is 0 Å². The maximum absolute atomic E-state index is 12.3. The molecule has 0 fully saturated rings. The van der Waals surface area contributed by atoms with Gasteiger partial charge in [-0.25, -0.2) is 0 Å². The van der Waals surface area contributed by atoms with Crippen LogP contribution in [-0.2, 0) is 31.1 Å². The Morgan fingerprint density at radius 2 is 1.83 bits per heavy atom. The van der Waals surface area contributed by atoms with Crippen molar-refractivity contribution < 1.29 is 28.6 Å². The van der Waals surface area contributed by atoms with Gasteiger partial charge in [-0.3, -0.25) is 14.4 Å². The average Bonchev–Trinajstić information content (AvgIpc) is 2.70. The van der Waals surface area contributed by atoms with Crippen LogP contribution in [0.2, 0.25) is 0 Å². The molecular weight excluding hydrogens is 372 g/mol. The number of carbonyl (C=O) groups excluding carboxylic acids is 3.